The van der Waals surface area contributed by atoms with Gasteiger partial charge in [-0.1, -0.05) is 6.07 Å². The number of benzene rings is 1. The van der Waals surface area contributed by atoms with Crippen LogP contribution in [0.4, 0.5) is 11.5 Å². The number of ether oxygens (including phenoxy) is 1. The number of aryl methyl sites for hydroxylation is 1. The number of hydrogen-bond donors (Lipinski definition) is 1. The van der Waals surface area contributed by atoms with Gasteiger partial charge in [-0.3, -0.25) is 0 Å². The zero-order chi connectivity index (χ0) is 13.0. The van der Waals surface area contributed by atoms with E-state index in [-0.39, 0.29) is 0 Å². The Morgan fingerprint density at radius 1 is 1.33 bits per heavy atom. The minimum atomic E-state index is 0.666. The van der Waals surface area contributed by atoms with Crippen molar-refractivity contribution in [2.45, 2.75) is 13.8 Å². The zero-order valence-corrected chi connectivity index (χ0v) is 12.0. The van der Waals surface area contributed by atoms with Gasteiger partial charge < -0.3 is 10.1 Å². The summed E-state index contributed by atoms with van der Waals surface area (Å²) in [4.78, 5) is 4.35. The first kappa shape index (κ1) is 12.9. The smallest absolute Gasteiger partial charge is 0.133 e. The lowest BCUT2D eigenvalue weighted by molar-refractivity contribution is 0.340. The van der Waals surface area contributed by atoms with Gasteiger partial charge in [0, 0.05) is 22.4 Å². The number of rotatable bonds is 4. The summed E-state index contributed by atoms with van der Waals surface area (Å²) >= 11 is 3.40. The minimum Gasteiger partial charge on any atom is -0.494 e. The van der Waals surface area contributed by atoms with Crippen molar-refractivity contribution in [3.63, 3.8) is 0 Å². The van der Waals surface area contributed by atoms with Crippen LogP contribution in [0.25, 0.3) is 0 Å². The fraction of sp³-hybridized carbons (Fsp3) is 0.214. The van der Waals surface area contributed by atoms with Crippen molar-refractivity contribution in [3.05, 3.63) is 46.6 Å². The van der Waals surface area contributed by atoms with Crippen molar-refractivity contribution < 1.29 is 4.74 Å². The highest BCUT2D eigenvalue weighted by molar-refractivity contribution is 9.10. The number of nitrogens with one attached hydrogen (secondary N) is 1. The maximum atomic E-state index is 5.47. The molecule has 1 aromatic heterocycles. The molecule has 1 N–H and O–H groups in total. The lowest BCUT2D eigenvalue weighted by Crippen LogP contribution is -1.97. The molecular formula is C14H15BrN2O. The Labute approximate surface area is 115 Å². The van der Waals surface area contributed by atoms with Crippen molar-refractivity contribution in [1.82, 2.24) is 4.98 Å². The van der Waals surface area contributed by atoms with E-state index in [4.69, 9.17) is 4.74 Å². The van der Waals surface area contributed by atoms with Gasteiger partial charge in [-0.2, -0.15) is 0 Å². The molecule has 0 aliphatic carbocycles. The van der Waals surface area contributed by atoms with Crippen LogP contribution in [-0.4, -0.2) is 11.6 Å². The average molecular weight is 307 g/mol. The summed E-state index contributed by atoms with van der Waals surface area (Å²) in [5.74, 6) is 1.71. The molecule has 4 heteroatoms. The molecule has 18 heavy (non-hydrogen) atoms. The predicted octanol–water partition coefficient (Wildman–Crippen LogP) is 4.29. The second-order valence-electron chi connectivity index (χ2n) is 3.90. The average Bonchev–Trinajstić information content (AvgIpc) is 2.34. The lowest BCUT2D eigenvalue weighted by atomic mass is 10.2. The van der Waals surface area contributed by atoms with Gasteiger partial charge in [0.05, 0.1) is 6.61 Å². The quantitative estimate of drug-likeness (QED) is 0.914. The molecule has 2 aromatic rings. The van der Waals surface area contributed by atoms with Gasteiger partial charge >= 0.3 is 0 Å². The number of halogens is 1. The normalized spacial score (nSPS) is 10.2. The summed E-state index contributed by atoms with van der Waals surface area (Å²) in [5, 5.41) is 3.29. The maximum absolute atomic E-state index is 5.47. The molecule has 1 heterocycles. The third-order valence-electron chi connectivity index (χ3n) is 2.45. The summed E-state index contributed by atoms with van der Waals surface area (Å²) in [6.07, 6.45) is 1.78. The molecule has 0 aliphatic heterocycles. The minimum absolute atomic E-state index is 0.666. The summed E-state index contributed by atoms with van der Waals surface area (Å²) in [6.45, 7) is 4.66. The summed E-state index contributed by atoms with van der Waals surface area (Å²) in [7, 11) is 0. The van der Waals surface area contributed by atoms with E-state index >= 15 is 0 Å². The number of hydrogen-bond acceptors (Lipinski definition) is 3. The maximum Gasteiger partial charge on any atom is 0.133 e. The zero-order valence-electron chi connectivity index (χ0n) is 10.4. The van der Waals surface area contributed by atoms with Crippen molar-refractivity contribution >= 4 is 27.4 Å². The second kappa shape index (κ2) is 5.87. The monoisotopic (exact) mass is 306 g/mol. The Morgan fingerprint density at radius 2 is 2.17 bits per heavy atom. The number of pyridine rings is 1. The molecule has 94 valence electrons. The SMILES string of the molecule is CCOc1cccc(Nc2ncc(Br)cc2C)c1. The van der Waals surface area contributed by atoms with Crippen LogP contribution in [0.2, 0.25) is 0 Å². The van der Waals surface area contributed by atoms with Crippen molar-refractivity contribution in [1.29, 1.82) is 0 Å². The van der Waals surface area contributed by atoms with E-state index in [9.17, 15) is 0 Å². The van der Waals surface area contributed by atoms with Crippen LogP contribution in [0.5, 0.6) is 5.75 Å². The molecule has 1 aromatic carbocycles. The van der Waals surface area contributed by atoms with Crippen LogP contribution in [0.3, 0.4) is 0 Å². The van der Waals surface area contributed by atoms with Crippen LogP contribution in [-0.2, 0) is 0 Å². The Morgan fingerprint density at radius 3 is 2.89 bits per heavy atom. The van der Waals surface area contributed by atoms with Gasteiger partial charge in [-0.05, 0) is 53.5 Å². The molecule has 2 rings (SSSR count). The standard InChI is InChI=1S/C14H15BrN2O/c1-3-18-13-6-4-5-12(8-13)17-14-10(2)7-11(15)9-16-14/h4-9H,3H2,1-2H3,(H,16,17). The van der Waals surface area contributed by atoms with Gasteiger partial charge in [0.1, 0.15) is 11.6 Å². The highest BCUT2D eigenvalue weighted by atomic mass is 79.9. The van der Waals surface area contributed by atoms with Gasteiger partial charge in [0.25, 0.3) is 0 Å². The molecule has 0 saturated carbocycles. The van der Waals surface area contributed by atoms with E-state index in [0.29, 0.717) is 6.61 Å². The highest BCUT2D eigenvalue weighted by Crippen LogP contribution is 2.23. The van der Waals surface area contributed by atoms with Crippen LogP contribution < -0.4 is 10.1 Å². The Bertz CT molecular complexity index is 543. The van der Waals surface area contributed by atoms with Gasteiger partial charge in [0.15, 0.2) is 0 Å². The van der Waals surface area contributed by atoms with E-state index in [1.165, 1.54) is 0 Å². The first-order chi connectivity index (χ1) is 8.69. The van der Waals surface area contributed by atoms with Crippen molar-refractivity contribution in [3.8, 4) is 5.75 Å². The fourth-order valence-corrected chi connectivity index (χ4v) is 2.08. The lowest BCUT2D eigenvalue weighted by Gasteiger charge is -2.10. The molecule has 0 atom stereocenters. The molecule has 0 spiro atoms. The molecule has 0 aliphatic rings. The molecule has 0 bridgehead atoms. The van der Waals surface area contributed by atoms with E-state index in [0.717, 1.165) is 27.3 Å². The summed E-state index contributed by atoms with van der Waals surface area (Å²) in [6, 6.07) is 9.89. The van der Waals surface area contributed by atoms with E-state index in [1.807, 2.05) is 44.2 Å². The van der Waals surface area contributed by atoms with Gasteiger partial charge in [0.2, 0.25) is 0 Å². The van der Waals surface area contributed by atoms with Crippen LogP contribution in [0.1, 0.15) is 12.5 Å². The van der Waals surface area contributed by atoms with Crippen LogP contribution in [0, 0.1) is 6.92 Å². The third-order valence-corrected chi connectivity index (χ3v) is 2.89. The van der Waals surface area contributed by atoms with Gasteiger partial charge in [-0.25, -0.2) is 4.98 Å². The molecule has 0 radical (unpaired) electrons. The van der Waals surface area contributed by atoms with Crippen molar-refractivity contribution in [2.75, 3.05) is 11.9 Å². The second-order valence-corrected chi connectivity index (χ2v) is 4.82. The largest absolute Gasteiger partial charge is 0.494 e. The number of aromatic nitrogens is 1. The van der Waals surface area contributed by atoms with Crippen LogP contribution >= 0.6 is 15.9 Å². The van der Waals surface area contributed by atoms with E-state index < -0.39 is 0 Å². The Kier molecular flexibility index (Phi) is 4.20. The number of nitrogens with zero attached hydrogens (tertiary/aromatic N) is 1. The molecular weight excluding hydrogens is 292 g/mol. The van der Waals surface area contributed by atoms with Crippen LogP contribution in [0.15, 0.2) is 41.0 Å². The first-order valence-corrected chi connectivity index (χ1v) is 6.60. The molecule has 0 fully saturated rings. The predicted molar refractivity (Wildman–Crippen MR) is 77.6 cm³/mol. The highest BCUT2D eigenvalue weighted by Gasteiger charge is 2.02. The molecule has 0 amide bonds. The van der Waals surface area contributed by atoms with E-state index in [1.54, 1.807) is 6.20 Å². The topological polar surface area (TPSA) is 34.1 Å². The summed E-state index contributed by atoms with van der Waals surface area (Å²) < 4.78 is 6.45. The Hall–Kier alpha value is -1.55. The molecule has 0 saturated heterocycles. The molecule has 3 nitrogen and oxygen atoms in total. The Balaban J connectivity index is 2.20. The fourth-order valence-electron chi connectivity index (χ4n) is 1.64. The van der Waals surface area contributed by atoms with E-state index in [2.05, 4.69) is 26.2 Å². The molecule has 0 unspecified atom stereocenters. The first-order valence-electron chi connectivity index (χ1n) is 5.81. The summed E-state index contributed by atoms with van der Waals surface area (Å²) in [5.41, 5.74) is 2.06. The van der Waals surface area contributed by atoms with Crippen molar-refractivity contribution in [2.24, 2.45) is 0 Å². The van der Waals surface area contributed by atoms with Gasteiger partial charge in [-0.15, -0.1) is 0 Å². The number of anilines is 2. The third kappa shape index (κ3) is 3.23.